The molecule has 258 valence electrons. The number of hydrogen-bond donors (Lipinski definition) is 0. The molecule has 0 bridgehead atoms. The van der Waals surface area contributed by atoms with E-state index >= 15 is 0 Å². The van der Waals surface area contributed by atoms with Gasteiger partial charge < -0.3 is 9.47 Å². The molecule has 0 fully saturated rings. The van der Waals surface area contributed by atoms with Gasteiger partial charge in [0.1, 0.15) is 11.5 Å². The van der Waals surface area contributed by atoms with Crippen LogP contribution in [0.3, 0.4) is 0 Å². The largest absolute Gasteiger partial charge is 2.00 e. The van der Waals surface area contributed by atoms with Crippen LogP contribution in [0.5, 0.6) is 23.0 Å². The first kappa shape index (κ1) is 34.3. The Labute approximate surface area is 324 Å². The molecule has 0 radical (unpaired) electrons. The second-order valence-electron chi connectivity index (χ2n) is 13.4. The van der Waals surface area contributed by atoms with E-state index in [-0.39, 0.29) is 21.1 Å². The van der Waals surface area contributed by atoms with Crippen LogP contribution in [0, 0.1) is 32.9 Å². The smallest absolute Gasteiger partial charge is 0.503 e. The van der Waals surface area contributed by atoms with Crippen molar-refractivity contribution in [2.45, 2.75) is 26.2 Å². The third-order valence-electron chi connectivity index (χ3n) is 9.93. The summed E-state index contributed by atoms with van der Waals surface area (Å²) in [6.45, 7) is 6.47. The minimum atomic E-state index is -0.812. The molecule has 2 aromatic heterocycles. The second-order valence-corrected chi connectivity index (χ2v) is 13.4. The van der Waals surface area contributed by atoms with Gasteiger partial charge in [-0.15, -0.1) is 29.3 Å². The Morgan fingerprint density at radius 2 is 1.32 bits per heavy atom. The molecule has 1 aliphatic rings. The Hall–Kier alpha value is -5.83. The molecule has 4 nitrogen and oxygen atoms in total. The molecule has 0 amide bonds. The van der Waals surface area contributed by atoms with E-state index in [4.69, 9.17) is 19.4 Å². The van der Waals surface area contributed by atoms with E-state index in [2.05, 4.69) is 99.6 Å². The third-order valence-corrected chi connectivity index (χ3v) is 9.93. The van der Waals surface area contributed by atoms with Gasteiger partial charge in [0.2, 0.25) is 0 Å². The van der Waals surface area contributed by atoms with Crippen LogP contribution in [0.1, 0.15) is 39.1 Å². The Bertz CT molecular complexity index is 2570. The monoisotopic (exact) mass is 865 g/mol. The molecule has 0 unspecified atom stereocenters. The summed E-state index contributed by atoms with van der Waals surface area (Å²) in [4.78, 5) is 10.0. The molecule has 6 aromatic carbocycles. The summed E-state index contributed by atoms with van der Waals surface area (Å²) in [5.41, 5.74) is 11.4. The van der Waals surface area contributed by atoms with Gasteiger partial charge in [0.15, 0.2) is 0 Å². The van der Waals surface area contributed by atoms with Crippen molar-refractivity contribution in [1.82, 2.24) is 9.97 Å². The SMILES string of the molecule is Cc1cc(C)c(-c2cc(Oc3[c-]c(C4(c5ccccn5)c5ccccc5Oc5ccccc54)ccc3)[c-]c(-c3ccc4ccccc4n3)c2)c(C)c1.[Pt+2]. The average molecular weight is 866 g/mol. The summed E-state index contributed by atoms with van der Waals surface area (Å²) >= 11 is 0. The van der Waals surface area contributed by atoms with Gasteiger partial charge in [-0.25, -0.2) is 0 Å². The van der Waals surface area contributed by atoms with Crippen molar-refractivity contribution in [3.05, 3.63) is 203 Å². The molecule has 9 rings (SSSR count). The number of nitrogens with zero attached hydrogens (tertiary/aromatic N) is 2. The van der Waals surface area contributed by atoms with E-state index < -0.39 is 5.41 Å². The van der Waals surface area contributed by atoms with E-state index in [1.165, 1.54) is 22.3 Å². The number of para-hydroxylation sites is 3. The van der Waals surface area contributed by atoms with Crippen LogP contribution in [0.4, 0.5) is 0 Å². The fourth-order valence-corrected chi connectivity index (χ4v) is 7.86. The molecule has 0 spiro atoms. The Balaban J connectivity index is 0.00000400. The van der Waals surface area contributed by atoms with Crippen LogP contribution in [0.25, 0.3) is 33.3 Å². The van der Waals surface area contributed by atoms with E-state index in [0.717, 1.165) is 61.6 Å². The first-order valence-corrected chi connectivity index (χ1v) is 17.5. The molecule has 0 aliphatic carbocycles. The molecule has 53 heavy (non-hydrogen) atoms. The van der Waals surface area contributed by atoms with E-state index in [9.17, 15) is 0 Å². The molecule has 0 N–H and O–H groups in total. The van der Waals surface area contributed by atoms with E-state index in [1.807, 2.05) is 85.1 Å². The predicted molar refractivity (Wildman–Crippen MR) is 207 cm³/mol. The van der Waals surface area contributed by atoms with Crippen LogP contribution < -0.4 is 9.47 Å². The van der Waals surface area contributed by atoms with Crippen LogP contribution in [-0.4, -0.2) is 9.97 Å². The Morgan fingerprint density at radius 3 is 2.06 bits per heavy atom. The van der Waals surface area contributed by atoms with Crippen molar-refractivity contribution >= 4 is 10.9 Å². The van der Waals surface area contributed by atoms with Gasteiger partial charge in [0, 0.05) is 28.8 Å². The summed E-state index contributed by atoms with van der Waals surface area (Å²) in [5, 5.41) is 1.09. The fraction of sp³-hybridized carbons (Fsp3) is 0.0833. The fourth-order valence-electron chi connectivity index (χ4n) is 7.86. The van der Waals surface area contributed by atoms with Crippen LogP contribution >= 0.6 is 0 Å². The molecule has 3 heterocycles. The normalized spacial score (nSPS) is 12.6. The quantitative estimate of drug-likeness (QED) is 0.156. The molecule has 0 saturated carbocycles. The number of hydrogen-bond acceptors (Lipinski definition) is 4. The van der Waals surface area contributed by atoms with Gasteiger partial charge >= 0.3 is 21.1 Å². The zero-order valence-electron chi connectivity index (χ0n) is 29.5. The second kappa shape index (κ2) is 14.0. The van der Waals surface area contributed by atoms with Crippen LogP contribution in [0.15, 0.2) is 152 Å². The van der Waals surface area contributed by atoms with Gasteiger partial charge in [-0.2, -0.15) is 12.1 Å². The summed E-state index contributed by atoms with van der Waals surface area (Å²) in [5.74, 6) is 2.71. The first-order valence-electron chi connectivity index (χ1n) is 17.5. The van der Waals surface area contributed by atoms with E-state index in [1.54, 1.807) is 0 Å². The number of fused-ring (bicyclic) bond motifs is 3. The first-order chi connectivity index (χ1) is 25.5. The summed E-state index contributed by atoms with van der Waals surface area (Å²) < 4.78 is 13.3. The number of benzene rings is 6. The molecular weight excluding hydrogens is 832 g/mol. The van der Waals surface area contributed by atoms with Crippen molar-refractivity contribution in [2.75, 3.05) is 0 Å². The van der Waals surface area contributed by atoms with Crippen molar-refractivity contribution in [3.63, 3.8) is 0 Å². The molecule has 5 heteroatoms. The number of aromatic nitrogens is 2. The standard InChI is InChI=1S/C48H34N2O2.Pt/c1-31-25-32(2)47(33(3)26-31)36-27-35(43-23-22-34-13-4-7-18-42(34)50-43)28-39(29-36)51-38-15-12-14-37(30-38)48(46-21-10-11-24-49-46)40-16-5-8-19-44(40)52-45-20-9-6-17-41(45)48;/h4-27,29H,1-3H3;/q-2;+2. The predicted octanol–water partition coefficient (Wildman–Crippen LogP) is 11.8. The molecule has 1 aliphatic heterocycles. The van der Waals surface area contributed by atoms with Crippen LogP contribution in [0.2, 0.25) is 0 Å². The van der Waals surface area contributed by atoms with Crippen molar-refractivity contribution in [1.29, 1.82) is 0 Å². The van der Waals surface area contributed by atoms with Gasteiger partial charge in [0.05, 0.1) is 16.6 Å². The van der Waals surface area contributed by atoms with E-state index in [0.29, 0.717) is 11.5 Å². The van der Waals surface area contributed by atoms with Crippen molar-refractivity contribution in [3.8, 4) is 45.4 Å². The molecule has 0 saturated heterocycles. The molecule has 8 aromatic rings. The third kappa shape index (κ3) is 6.03. The maximum atomic E-state index is 6.79. The minimum Gasteiger partial charge on any atom is -0.503 e. The number of rotatable bonds is 6. The topological polar surface area (TPSA) is 44.2 Å². The maximum Gasteiger partial charge on any atom is 2.00 e. The van der Waals surface area contributed by atoms with Gasteiger partial charge in [-0.1, -0.05) is 108 Å². The molecular formula is C48H34N2O2Pt. The number of pyridine rings is 2. The summed E-state index contributed by atoms with van der Waals surface area (Å²) in [6, 6.07) is 56.8. The summed E-state index contributed by atoms with van der Waals surface area (Å²) in [7, 11) is 0. The Kier molecular flexibility index (Phi) is 9.02. The van der Waals surface area contributed by atoms with Gasteiger partial charge in [-0.05, 0) is 78.9 Å². The Morgan fingerprint density at radius 1 is 0.623 bits per heavy atom. The van der Waals surface area contributed by atoms with Crippen molar-refractivity contribution < 1.29 is 30.5 Å². The zero-order chi connectivity index (χ0) is 35.2. The number of aryl methyl sites for hydroxylation is 3. The van der Waals surface area contributed by atoms with Gasteiger partial charge in [0.25, 0.3) is 0 Å². The molecule has 0 atom stereocenters. The average Bonchev–Trinajstić information content (AvgIpc) is 3.17. The summed E-state index contributed by atoms with van der Waals surface area (Å²) in [6.07, 6.45) is 1.84. The maximum absolute atomic E-state index is 6.79. The minimum absolute atomic E-state index is 0. The van der Waals surface area contributed by atoms with Gasteiger partial charge in [-0.3, -0.25) is 9.97 Å². The number of ether oxygens (including phenoxy) is 2. The van der Waals surface area contributed by atoms with Crippen molar-refractivity contribution in [2.24, 2.45) is 0 Å². The van der Waals surface area contributed by atoms with Crippen LogP contribution in [-0.2, 0) is 26.5 Å². The zero-order valence-corrected chi connectivity index (χ0v) is 31.7.